The molecule has 4 aromatic rings. The van der Waals surface area contributed by atoms with Crippen LogP contribution >= 0.6 is 0 Å². The zero-order valence-corrected chi connectivity index (χ0v) is 18.5. The van der Waals surface area contributed by atoms with Crippen LogP contribution in [-0.2, 0) is 0 Å². The van der Waals surface area contributed by atoms with Crippen LogP contribution in [0.4, 0.5) is 17.5 Å². The molecule has 1 amide bonds. The minimum Gasteiger partial charge on any atom is -0.493 e. The van der Waals surface area contributed by atoms with Crippen LogP contribution in [-0.4, -0.2) is 59.0 Å². The normalized spacial score (nSPS) is 13.7. The van der Waals surface area contributed by atoms with Gasteiger partial charge in [-0.2, -0.15) is 0 Å². The lowest BCUT2D eigenvalue weighted by molar-refractivity contribution is 0.0742. The third-order valence-corrected chi connectivity index (χ3v) is 5.64. The van der Waals surface area contributed by atoms with E-state index in [1.54, 1.807) is 35.4 Å². The fourth-order valence-corrected chi connectivity index (χ4v) is 3.89. The Morgan fingerprint density at radius 1 is 1.00 bits per heavy atom. The lowest BCUT2D eigenvalue weighted by Crippen LogP contribution is -2.49. The molecular weight excluding hydrogens is 436 g/mol. The maximum Gasteiger partial charge on any atom is 0.349 e. The van der Waals surface area contributed by atoms with Gasteiger partial charge >= 0.3 is 5.63 Å². The van der Waals surface area contributed by atoms with Crippen molar-refractivity contribution in [1.29, 1.82) is 0 Å². The van der Waals surface area contributed by atoms with Gasteiger partial charge < -0.3 is 24.3 Å². The van der Waals surface area contributed by atoms with E-state index in [0.717, 1.165) is 5.82 Å². The number of anilines is 3. The van der Waals surface area contributed by atoms with Crippen LogP contribution in [0.2, 0.25) is 0 Å². The van der Waals surface area contributed by atoms with E-state index in [1.165, 1.54) is 13.4 Å². The number of carbonyl (C=O) groups is 1. The smallest absolute Gasteiger partial charge is 0.349 e. The molecule has 3 aromatic heterocycles. The first-order chi connectivity index (χ1) is 16.6. The zero-order chi connectivity index (χ0) is 23.5. The number of pyridine rings is 1. The molecule has 0 bridgehead atoms. The number of piperazine rings is 1. The predicted molar refractivity (Wildman–Crippen MR) is 127 cm³/mol. The summed E-state index contributed by atoms with van der Waals surface area (Å²) in [7, 11) is 1.50. The van der Waals surface area contributed by atoms with Gasteiger partial charge in [0.05, 0.1) is 7.11 Å². The number of hydrogen-bond acceptors (Lipinski definition) is 9. The van der Waals surface area contributed by atoms with E-state index in [9.17, 15) is 9.59 Å². The highest BCUT2D eigenvalue weighted by Gasteiger charge is 2.26. The number of ether oxygens (including phenoxy) is 1. The van der Waals surface area contributed by atoms with Gasteiger partial charge in [-0.25, -0.2) is 19.7 Å². The molecule has 1 fully saturated rings. The van der Waals surface area contributed by atoms with Crippen LogP contribution in [0.1, 0.15) is 10.4 Å². The molecule has 0 aliphatic carbocycles. The molecule has 1 aliphatic rings. The van der Waals surface area contributed by atoms with Crippen LogP contribution in [0.25, 0.3) is 11.0 Å². The van der Waals surface area contributed by atoms with E-state index in [-0.39, 0.29) is 11.5 Å². The van der Waals surface area contributed by atoms with Crippen LogP contribution in [0.5, 0.6) is 5.75 Å². The number of para-hydroxylation sites is 1. The van der Waals surface area contributed by atoms with Gasteiger partial charge in [0.25, 0.3) is 5.91 Å². The highest BCUT2D eigenvalue weighted by atomic mass is 16.5. The summed E-state index contributed by atoms with van der Waals surface area (Å²) in [5, 5.41) is 3.79. The molecule has 1 aliphatic heterocycles. The molecule has 0 saturated carbocycles. The summed E-state index contributed by atoms with van der Waals surface area (Å²) in [6.45, 7) is 2.03. The Morgan fingerprint density at radius 3 is 2.62 bits per heavy atom. The molecule has 1 saturated heterocycles. The lowest BCUT2D eigenvalue weighted by atomic mass is 10.1. The molecule has 0 unspecified atom stereocenters. The highest BCUT2D eigenvalue weighted by Crippen LogP contribution is 2.25. The van der Waals surface area contributed by atoms with E-state index in [2.05, 4.69) is 25.2 Å². The van der Waals surface area contributed by atoms with Crippen LogP contribution in [0.3, 0.4) is 0 Å². The van der Waals surface area contributed by atoms with Crippen molar-refractivity contribution in [2.45, 2.75) is 0 Å². The number of fused-ring (bicyclic) bond motifs is 1. The van der Waals surface area contributed by atoms with E-state index in [0.29, 0.717) is 54.5 Å². The van der Waals surface area contributed by atoms with Gasteiger partial charge in [-0.05, 0) is 24.3 Å². The number of aromatic nitrogens is 3. The number of rotatable bonds is 5. The van der Waals surface area contributed by atoms with Gasteiger partial charge in [-0.3, -0.25) is 4.79 Å². The zero-order valence-electron chi connectivity index (χ0n) is 18.5. The molecule has 4 heterocycles. The number of nitrogens with one attached hydrogen (secondary N) is 1. The summed E-state index contributed by atoms with van der Waals surface area (Å²) in [5.41, 5.74) is -0.334. The van der Waals surface area contributed by atoms with Crippen molar-refractivity contribution in [2.24, 2.45) is 0 Å². The Labute approximate surface area is 194 Å². The van der Waals surface area contributed by atoms with E-state index in [4.69, 9.17) is 9.15 Å². The molecular formula is C24H22N6O4. The Bertz CT molecular complexity index is 1380. The number of hydrogen-bond donors (Lipinski definition) is 1. The van der Waals surface area contributed by atoms with Crippen molar-refractivity contribution in [3.05, 3.63) is 77.0 Å². The first kappa shape index (κ1) is 21.4. The number of amides is 1. The van der Waals surface area contributed by atoms with Crippen LogP contribution in [0.15, 0.2) is 70.3 Å². The summed E-state index contributed by atoms with van der Waals surface area (Å²) in [5.74, 6) is 2.17. The van der Waals surface area contributed by atoms with E-state index in [1.807, 2.05) is 24.3 Å². The first-order valence-electron chi connectivity index (χ1n) is 10.8. The van der Waals surface area contributed by atoms with E-state index < -0.39 is 5.63 Å². The van der Waals surface area contributed by atoms with Gasteiger partial charge in [0.1, 0.15) is 29.3 Å². The van der Waals surface area contributed by atoms with Crippen molar-refractivity contribution in [3.8, 4) is 5.75 Å². The summed E-state index contributed by atoms with van der Waals surface area (Å²) in [6.07, 6.45) is 3.19. The lowest BCUT2D eigenvalue weighted by Gasteiger charge is -2.35. The van der Waals surface area contributed by atoms with Crippen molar-refractivity contribution in [3.63, 3.8) is 0 Å². The second-order valence-corrected chi connectivity index (χ2v) is 7.71. The molecule has 0 spiro atoms. The number of methoxy groups -OCH3 is 1. The van der Waals surface area contributed by atoms with Gasteiger partial charge in [0, 0.05) is 43.8 Å². The molecule has 34 heavy (non-hydrogen) atoms. The maximum atomic E-state index is 13.1. The first-order valence-corrected chi connectivity index (χ1v) is 10.8. The second kappa shape index (κ2) is 9.18. The van der Waals surface area contributed by atoms with Gasteiger partial charge in [0.15, 0.2) is 11.3 Å². The fraction of sp³-hybridized carbons (Fsp3) is 0.208. The summed E-state index contributed by atoms with van der Waals surface area (Å²) in [6, 6.07) is 14.3. The van der Waals surface area contributed by atoms with Gasteiger partial charge in [-0.15, -0.1) is 0 Å². The molecule has 10 nitrogen and oxygen atoms in total. The van der Waals surface area contributed by atoms with Gasteiger partial charge in [-0.1, -0.05) is 18.2 Å². The van der Waals surface area contributed by atoms with Crippen molar-refractivity contribution >= 4 is 34.3 Å². The third-order valence-electron chi connectivity index (χ3n) is 5.64. The summed E-state index contributed by atoms with van der Waals surface area (Å²) in [4.78, 5) is 42.2. The second-order valence-electron chi connectivity index (χ2n) is 7.71. The van der Waals surface area contributed by atoms with Crippen molar-refractivity contribution in [1.82, 2.24) is 19.9 Å². The largest absolute Gasteiger partial charge is 0.493 e. The Morgan fingerprint density at radius 2 is 1.85 bits per heavy atom. The number of nitrogens with zero attached hydrogens (tertiary/aromatic N) is 5. The SMILES string of the molecule is COc1cccc2cc(C(=O)N3CCN(c4cc(Nc5ccccn5)ncn4)CC3)c(=O)oc12. The minimum absolute atomic E-state index is 0.0121. The summed E-state index contributed by atoms with van der Waals surface area (Å²) >= 11 is 0. The number of carbonyl (C=O) groups excluding carboxylic acids is 1. The minimum atomic E-state index is -0.675. The van der Waals surface area contributed by atoms with E-state index >= 15 is 0 Å². The monoisotopic (exact) mass is 458 g/mol. The van der Waals surface area contributed by atoms with Gasteiger partial charge in [0.2, 0.25) is 0 Å². The average molecular weight is 458 g/mol. The fourth-order valence-electron chi connectivity index (χ4n) is 3.89. The van der Waals surface area contributed by atoms with Crippen LogP contribution in [0, 0.1) is 0 Å². The number of benzene rings is 1. The van der Waals surface area contributed by atoms with Crippen molar-refractivity contribution < 1.29 is 13.9 Å². The molecule has 10 heteroatoms. The molecule has 1 aromatic carbocycles. The third kappa shape index (κ3) is 4.25. The Kier molecular flexibility index (Phi) is 5.77. The molecule has 172 valence electrons. The topological polar surface area (TPSA) is 114 Å². The Balaban J connectivity index is 1.28. The molecule has 0 radical (unpaired) electrons. The van der Waals surface area contributed by atoms with Crippen molar-refractivity contribution in [2.75, 3.05) is 43.5 Å². The molecule has 5 rings (SSSR count). The van der Waals surface area contributed by atoms with Crippen LogP contribution < -0.4 is 20.6 Å². The standard InChI is InChI=1S/C24H22N6O4/c1-33-18-6-4-5-16-13-17(24(32)34-22(16)18)23(31)30-11-9-29(10-12-30)21-14-20(26-15-27-21)28-19-7-2-3-8-25-19/h2-8,13-15H,9-12H2,1H3,(H,25,26,27,28). The highest BCUT2D eigenvalue weighted by molar-refractivity contribution is 5.97. The predicted octanol–water partition coefficient (Wildman–Crippen LogP) is 2.69. The summed E-state index contributed by atoms with van der Waals surface area (Å²) < 4.78 is 10.7. The quantitative estimate of drug-likeness (QED) is 0.451. The maximum absolute atomic E-state index is 13.1. The molecule has 1 N–H and O–H groups in total. The average Bonchev–Trinajstić information content (AvgIpc) is 2.88. The Hall–Kier alpha value is -4.47. The molecule has 0 atom stereocenters.